The van der Waals surface area contributed by atoms with Gasteiger partial charge in [-0.15, -0.1) is 11.3 Å². The molecule has 0 aliphatic heterocycles. The molecule has 0 aromatic carbocycles. The number of aryl methyl sites for hydroxylation is 1. The number of carbonyl (C=O) groups excluding carboxylic acids is 2. The van der Waals surface area contributed by atoms with Gasteiger partial charge in [0.25, 0.3) is 5.56 Å². The summed E-state index contributed by atoms with van der Waals surface area (Å²) in [6, 6.07) is 3.94. The molecule has 1 N–H and O–H groups in total. The maximum Gasteiger partial charge on any atom is 0.341 e. The van der Waals surface area contributed by atoms with Crippen molar-refractivity contribution < 1.29 is 22.7 Å². The third-order valence-corrected chi connectivity index (χ3v) is 6.92. The van der Waals surface area contributed by atoms with E-state index < -0.39 is 34.0 Å². The van der Waals surface area contributed by atoms with Gasteiger partial charge in [-0.25, -0.2) is 17.5 Å². The fourth-order valence-corrected chi connectivity index (χ4v) is 4.31. The lowest BCUT2D eigenvalue weighted by atomic mass is 10.2. The first-order chi connectivity index (χ1) is 13.6. The standard InChI is InChI=1S/C18H23N3O6S2/c1-5-12-9-14(18(24)27-6-2)17(28-12)19-15(22)11-21-10-13(7-8-16(21)23)29(25,26)20(3)4/h7-10H,5-6,11H2,1-4H3,(H,19,22). The highest BCUT2D eigenvalue weighted by atomic mass is 32.2. The van der Waals surface area contributed by atoms with Gasteiger partial charge in [0.1, 0.15) is 11.5 Å². The zero-order valence-corrected chi connectivity index (χ0v) is 18.2. The summed E-state index contributed by atoms with van der Waals surface area (Å²) in [4.78, 5) is 37.5. The minimum Gasteiger partial charge on any atom is -0.462 e. The third kappa shape index (κ3) is 5.31. The molecule has 0 aliphatic carbocycles. The van der Waals surface area contributed by atoms with Gasteiger partial charge in [0.05, 0.1) is 17.1 Å². The summed E-state index contributed by atoms with van der Waals surface area (Å²) in [5.74, 6) is -1.11. The molecule has 2 heterocycles. The van der Waals surface area contributed by atoms with E-state index in [9.17, 15) is 22.8 Å². The van der Waals surface area contributed by atoms with E-state index in [0.29, 0.717) is 11.4 Å². The molecular formula is C18H23N3O6S2. The van der Waals surface area contributed by atoms with Crippen molar-refractivity contribution >= 4 is 38.2 Å². The third-order valence-electron chi connectivity index (χ3n) is 3.93. The molecule has 0 spiro atoms. The lowest BCUT2D eigenvalue weighted by Gasteiger charge is -2.13. The Labute approximate surface area is 173 Å². The second-order valence-corrected chi connectivity index (χ2v) is 9.48. The van der Waals surface area contributed by atoms with Crippen LogP contribution >= 0.6 is 11.3 Å². The average Bonchev–Trinajstić information content (AvgIpc) is 3.06. The van der Waals surface area contributed by atoms with Crippen LogP contribution in [0.15, 0.2) is 34.1 Å². The number of pyridine rings is 1. The number of anilines is 1. The van der Waals surface area contributed by atoms with Gasteiger partial charge in [-0.05, 0) is 25.5 Å². The van der Waals surface area contributed by atoms with E-state index in [1.54, 1.807) is 13.0 Å². The molecule has 0 unspecified atom stereocenters. The molecule has 11 heteroatoms. The topological polar surface area (TPSA) is 115 Å². The molecule has 0 bridgehead atoms. The van der Waals surface area contributed by atoms with Crippen LogP contribution in [0.1, 0.15) is 29.1 Å². The predicted molar refractivity (Wildman–Crippen MR) is 110 cm³/mol. The summed E-state index contributed by atoms with van der Waals surface area (Å²) in [5.41, 5.74) is -0.276. The van der Waals surface area contributed by atoms with E-state index in [1.165, 1.54) is 31.5 Å². The van der Waals surface area contributed by atoms with E-state index in [0.717, 1.165) is 26.0 Å². The van der Waals surface area contributed by atoms with Crippen LogP contribution in [-0.4, -0.2) is 49.9 Å². The fraction of sp³-hybridized carbons (Fsp3) is 0.389. The molecule has 0 radical (unpaired) electrons. The largest absolute Gasteiger partial charge is 0.462 e. The first kappa shape index (κ1) is 22.8. The van der Waals surface area contributed by atoms with Gasteiger partial charge in [-0.3, -0.25) is 9.59 Å². The number of amides is 1. The molecule has 0 saturated carbocycles. The quantitative estimate of drug-likeness (QED) is 0.622. The number of nitrogens with zero attached hydrogens (tertiary/aromatic N) is 2. The molecule has 9 nitrogen and oxygen atoms in total. The van der Waals surface area contributed by atoms with Gasteiger partial charge in [0.2, 0.25) is 15.9 Å². The van der Waals surface area contributed by atoms with Crippen molar-refractivity contribution in [3.05, 3.63) is 45.2 Å². The zero-order chi connectivity index (χ0) is 21.8. The van der Waals surface area contributed by atoms with Crippen molar-refractivity contribution in [3.8, 4) is 0 Å². The van der Waals surface area contributed by atoms with Gasteiger partial charge in [0, 0.05) is 31.2 Å². The summed E-state index contributed by atoms with van der Waals surface area (Å²) in [6.45, 7) is 3.40. The number of hydrogen-bond donors (Lipinski definition) is 1. The van der Waals surface area contributed by atoms with Crippen molar-refractivity contribution in [2.75, 3.05) is 26.0 Å². The van der Waals surface area contributed by atoms with Crippen LogP contribution < -0.4 is 10.9 Å². The molecular weight excluding hydrogens is 418 g/mol. The monoisotopic (exact) mass is 441 g/mol. The maximum atomic E-state index is 12.5. The Morgan fingerprint density at radius 1 is 1.24 bits per heavy atom. The Bertz CT molecular complexity index is 1070. The highest BCUT2D eigenvalue weighted by Crippen LogP contribution is 2.29. The van der Waals surface area contributed by atoms with Crippen molar-refractivity contribution in [1.29, 1.82) is 0 Å². The van der Waals surface area contributed by atoms with E-state index in [-0.39, 0.29) is 17.1 Å². The number of rotatable bonds is 8. The minimum atomic E-state index is -3.75. The smallest absolute Gasteiger partial charge is 0.341 e. The van der Waals surface area contributed by atoms with Gasteiger partial charge < -0.3 is 14.6 Å². The Kier molecular flexibility index (Phi) is 7.33. The molecule has 0 aliphatic rings. The normalized spacial score (nSPS) is 11.5. The number of thiophene rings is 1. The Morgan fingerprint density at radius 3 is 2.52 bits per heavy atom. The van der Waals surface area contributed by atoms with Crippen LogP contribution in [0.3, 0.4) is 0 Å². The number of hydrogen-bond acceptors (Lipinski definition) is 7. The number of aromatic nitrogens is 1. The molecule has 0 atom stereocenters. The molecule has 2 aromatic rings. The van der Waals surface area contributed by atoms with Crippen molar-refractivity contribution in [2.24, 2.45) is 0 Å². The minimum absolute atomic E-state index is 0.105. The fourth-order valence-electron chi connectivity index (χ4n) is 2.39. The van der Waals surface area contributed by atoms with E-state index in [1.807, 2.05) is 6.92 Å². The van der Waals surface area contributed by atoms with Crippen molar-refractivity contribution in [2.45, 2.75) is 31.7 Å². The van der Waals surface area contributed by atoms with Crippen LogP contribution in [0, 0.1) is 0 Å². The molecule has 2 rings (SSSR count). The number of sulfonamides is 1. The van der Waals surface area contributed by atoms with E-state index in [2.05, 4.69) is 5.32 Å². The van der Waals surface area contributed by atoms with Gasteiger partial charge in [-0.1, -0.05) is 6.92 Å². The van der Waals surface area contributed by atoms with Crippen LogP contribution in [0.2, 0.25) is 0 Å². The summed E-state index contributed by atoms with van der Waals surface area (Å²) < 4.78 is 31.5. The second kappa shape index (κ2) is 9.33. The molecule has 29 heavy (non-hydrogen) atoms. The van der Waals surface area contributed by atoms with Gasteiger partial charge in [-0.2, -0.15) is 0 Å². The number of ether oxygens (including phenoxy) is 1. The number of esters is 1. The van der Waals surface area contributed by atoms with Gasteiger partial charge >= 0.3 is 5.97 Å². The summed E-state index contributed by atoms with van der Waals surface area (Å²) >= 11 is 1.25. The summed E-state index contributed by atoms with van der Waals surface area (Å²) in [6.07, 6.45) is 1.80. The highest BCUT2D eigenvalue weighted by molar-refractivity contribution is 7.89. The molecule has 158 valence electrons. The van der Waals surface area contributed by atoms with Crippen LogP contribution in [0.25, 0.3) is 0 Å². The van der Waals surface area contributed by atoms with Crippen molar-refractivity contribution in [1.82, 2.24) is 8.87 Å². The SMILES string of the molecule is CCOC(=O)c1cc(CC)sc1NC(=O)Cn1cc(S(=O)(=O)N(C)C)ccc1=O. The van der Waals surface area contributed by atoms with Crippen LogP contribution in [0.4, 0.5) is 5.00 Å². The maximum absolute atomic E-state index is 12.5. The van der Waals surface area contributed by atoms with Crippen molar-refractivity contribution in [3.63, 3.8) is 0 Å². The lowest BCUT2D eigenvalue weighted by Crippen LogP contribution is -2.29. The number of nitrogens with one attached hydrogen (secondary N) is 1. The van der Waals surface area contributed by atoms with Gasteiger partial charge in [0.15, 0.2) is 0 Å². The molecule has 1 amide bonds. The van der Waals surface area contributed by atoms with Crippen LogP contribution in [0.5, 0.6) is 0 Å². The molecule has 0 fully saturated rings. The van der Waals surface area contributed by atoms with E-state index >= 15 is 0 Å². The molecule has 0 saturated heterocycles. The Hall–Kier alpha value is -2.50. The predicted octanol–water partition coefficient (Wildman–Crippen LogP) is 1.54. The second-order valence-electron chi connectivity index (χ2n) is 6.20. The summed E-state index contributed by atoms with van der Waals surface area (Å²) in [7, 11) is -1.01. The average molecular weight is 442 g/mol. The summed E-state index contributed by atoms with van der Waals surface area (Å²) in [5, 5.41) is 2.95. The highest BCUT2D eigenvalue weighted by Gasteiger charge is 2.21. The zero-order valence-electron chi connectivity index (χ0n) is 16.6. The van der Waals surface area contributed by atoms with E-state index in [4.69, 9.17) is 4.74 Å². The Balaban J connectivity index is 2.27. The molecule has 2 aromatic heterocycles. The first-order valence-corrected chi connectivity index (χ1v) is 11.1. The Morgan fingerprint density at radius 2 is 1.93 bits per heavy atom. The first-order valence-electron chi connectivity index (χ1n) is 8.82. The lowest BCUT2D eigenvalue weighted by molar-refractivity contribution is -0.116. The van der Waals surface area contributed by atoms with Crippen LogP contribution in [-0.2, 0) is 32.5 Å². The number of carbonyl (C=O) groups is 2.